The van der Waals surface area contributed by atoms with E-state index in [1.165, 1.54) is 7.11 Å². The molecule has 1 saturated heterocycles. The number of likely N-dealkylation sites (N-methyl/N-ethyl adjacent to an activating group) is 1. The van der Waals surface area contributed by atoms with E-state index in [1.54, 1.807) is 11.8 Å². The maximum atomic E-state index is 12.6. The second-order valence-electron chi connectivity index (χ2n) is 6.98. The summed E-state index contributed by atoms with van der Waals surface area (Å²) in [6, 6.07) is -0.975. The van der Waals surface area contributed by atoms with Gasteiger partial charge in [0.15, 0.2) is 0 Å². The van der Waals surface area contributed by atoms with Gasteiger partial charge in [0.2, 0.25) is 23.6 Å². The first kappa shape index (κ1) is 34.6. The lowest BCUT2D eigenvalue weighted by molar-refractivity contribution is -0.141. The molecule has 0 aliphatic carbocycles. The Morgan fingerprint density at radius 1 is 1.06 bits per heavy atom. The highest BCUT2D eigenvalue weighted by molar-refractivity contribution is 7.98. The van der Waals surface area contributed by atoms with Crippen molar-refractivity contribution in [2.75, 3.05) is 51.8 Å². The van der Waals surface area contributed by atoms with Gasteiger partial charge in [0.05, 0.1) is 26.2 Å². The van der Waals surface area contributed by atoms with Crippen LogP contribution in [0.15, 0.2) is 13.2 Å². The van der Waals surface area contributed by atoms with Crippen molar-refractivity contribution in [3.05, 3.63) is 13.2 Å². The smallest absolute Gasteiger partial charge is 0.325 e. The third-order valence-corrected chi connectivity index (χ3v) is 5.49. The predicted octanol–water partition coefficient (Wildman–Crippen LogP) is 1.04. The van der Waals surface area contributed by atoms with Crippen LogP contribution in [0.4, 0.5) is 0 Å². The Morgan fingerprint density at radius 2 is 1.63 bits per heavy atom. The average molecular weight is 526 g/mol. The highest BCUT2D eigenvalue weighted by Gasteiger charge is 2.32. The zero-order valence-corrected chi connectivity index (χ0v) is 22.6. The summed E-state index contributed by atoms with van der Waals surface area (Å²) in [4.78, 5) is 61.7. The molecule has 1 rings (SSSR count). The van der Waals surface area contributed by atoms with Gasteiger partial charge in [-0.15, -0.1) is 13.2 Å². The van der Waals surface area contributed by atoms with Crippen molar-refractivity contribution in [3.8, 4) is 0 Å². The molecule has 0 spiro atoms. The van der Waals surface area contributed by atoms with E-state index in [-0.39, 0.29) is 37.3 Å². The van der Waals surface area contributed by atoms with Crippen molar-refractivity contribution in [2.24, 2.45) is 0 Å². The molecule has 4 amide bonds. The molecule has 0 bridgehead atoms. The van der Waals surface area contributed by atoms with Crippen LogP contribution in [-0.4, -0.2) is 98.4 Å². The number of hydrogen-bond donors (Lipinski definition) is 4. The third kappa shape index (κ3) is 15.1. The molecule has 0 aromatic heterocycles. The summed E-state index contributed by atoms with van der Waals surface area (Å²) in [5, 5.41) is 9.95. The molecule has 1 aliphatic rings. The van der Waals surface area contributed by atoms with E-state index in [9.17, 15) is 24.0 Å². The Bertz CT molecular complexity index is 683. The minimum Gasteiger partial charge on any atom is -0.468 e. The van der Waals surface area contributed by atoms with Crippen LogP contribution in [0, 0.1) is 0 Å². The number of methoxy groups -OCH3 is 1. The number of amides is 4. The van der Waals surface area contributed by atoms with Gasteiger partial charge in [-0.1, -0.05) is 20.8 Å². The molecule has 0 radical (unpaired) electrons. The number of thioether (sulfide) groups is 1. The van der Waals surface area contributed by atoms with E-state index in [1.807, 2.05) is 27.0 Å². The van der Waals surface area contributed by atoms with Gasteiger partial charge in [0.1, 0.15) is 12.6 Å². The summed E-state index contributed by atoms with van der Waals surface area (Å²) in [7, 11) is 1.20. The quantitative estimate of drug-likeness (QED) is 0.206. The molecule has 1 aliphatic heterocycles. The second kappa shape index (κ2) is 21.9. The van der Waals surface area contributed by atoms with Crippen LogP contribution in [-0.2, 0) is 28.7 Å². The van der Waals surface area contributed by atoms with Crippen LogP contribution >= 0.6 is 11.8 Å². The largest absolute Gasteiger partial charge is 0.468 e. The van der Waals surface area contributed by atoms with Crippen molar-refractivity contribution in [2.45, 2.75) is 52.1 Å². The highest BCUT2D eigenvalue weighted by Crippen LogP contribution is 2.17. The van der Waals surface area contributed by atoms with E-state index < -0.39 is 29.7 Å². The van der Waals surface area contributed by atoms with E-state index in [2.05, 4.69) is 44.1 Å². The molecule has 1 fully saturated rings. The third-order valence-electron chi connectivity index (χ3n) is 4.84. The van der Waals surface area contributed by atoms with Crippen molar-refractivity contribution in [1.82, 2.24) is 26.2 Å². The van der Waals surface area contributed by atoms with Crippen molar-refractivity contribution >= 4 is 41.4 Å². The van der Waals surface area contributed by atoms with Gasteiger partial charge >= 0.3 is 5.97 Å². The highest BCUT2D eigenvalue weighted by atomic mass is 32.2. The van der Waals surface area contributed by atoms with Gasteiger partial charge in [-0.2, -0.15) is 11.8 Å². The molecule has 1 heterocycles. The maximum Gasteiger partial charge on any atom is 0.325 e. The fraction of sp³-hybridized carbons (Fsp3) is 0.696. The first-order chi connectivity index (χ1) is 16.8. The number of carbonyl (C=O) groups is 5. The summed E-state index contributed by atoms with van der Waals surface area (Å²) < 4.78 is 4.39. The van der Waals surface area contributed by atoms with Gasteiger partial charge < -0.3 is 26.0 Å². The Kier molecular flexibility index (Phi) is 21.6. The fourth-order valence-electron chi connectivity index (χ4n) is 3.11. The number of rotatable bonds is 13. The lowest BCUT2D eigenvalue weighted by Gasteiger charge is -2.25. The zero-order chi connectivity index (χ0) is 27.2. The lowest BCUT2D eigenvalue weighted by Crippen LogP contribution is -2.53. The van der Waals surface area contributed by atoms with Gasteiger partial charge in [0.25, 0.3) is 0 Å². The Labute approximate surface area is 219 Å². The number of hydrogen-bond acceptors (Lipinski definition) is 8. The second-order valence-corrected chi connectivity index (χ2v) is 7.96. The summed E-state index contributed by atoms with van der Waals surface area (Å²) in [5.41, 5.74) is 0. The molecule has 0 aromatic carbocycles. The Morgan fingerprint density at radius 3 is 2.17 bits per heavy atom. The molecule has 210 valence electrons. The SMILES string of the molecule is C=C.CC.CCN1CCC[C@H]1C(=O)N[C@@H](CCSC)C(=O)NCC(=O)NCC(=O)NCC(=O)OC.[HH].[HH].[HH].[HH]. The van der Waals surface area contributed by atoms with Crippen molar-refractivity contribution in [1.29, 1.82) is 0 Å². The first-order valence-corrected chi connectivity index (χ1v) is 13.1. The van der Waals surface area contributed by atoms with Gasteiger partial charge in [0, 0.05) is 5.71 Å². The molecule has 4 N–H and O–H groups in total. The Balaban J connectivity index is -0.000000324. The number of carbonyl (C=O) groups excluding carboxylic acids is 5. The van der Waals surface area contributed by atoms with E-state index in [4.69, 9.17) is 0 Å². The normalized spacial score (nSPS) is 15.2. The van der Waals surface area contributed by atoms with Gasteiger partial charge in [-0.3, -0.25) is 28.9 Å². The molecular weight excluding hydrogens is 474 g/mol. The van der Waals surface area contributed by atoms with E-state index >= 15 is 0 Å². The van der Waals surface area contributed by atoms with Crippen molar-refractivity contribution in [3.63, 3.8) is 0 Å². The summed E-state index contributed by atoms with van der Waals surface area (Å²) in [6.45, 7) is 12.7. The number of ether oxygens (including phenoxy) is 1. The first-order valence-electron chi connectivity index (χ1n) is 11.7. The summed E-state index contributed by atoms with van der Waals surface area (Å²) >= 11 is 1.56. The topological polar surface area (TPSA) is 146 Å². The minimum atomic E-state index is -0.740. The summed E-state index contributed by atoms with van der Waals surface area (Å²) in [5.74, 6) is -1.68. The van der Waals surface area contributed by atoms with Crippen LogP contribution in [0.3, 0.4) is 0 Å². The Hall–Kier alpha value is -2.60. The van der Waals surface area contributed by atoms with Crippen LogP contribution in [0.1, 0.15) is 45.7 Å². The van der Waals surface area contributed by atoms with Gasteiger partial charge in [-0.25, -0.2) is 0 Å². The molecule has 0 unspecified atom stereocenters. The predicted molar refractivity (Wildman–Crippen MR) is 147 cm³/mol. The molecular formula is C23H51N5O6S. The molecule has 0 saturated carbocycles. The van der Waals surface area contributed by atoms with Crippen molar-refractivity contribution < 1.29 is 34.4 Å². The summed E-state index contributed by atoms with van der Waals surface area (Å²) in [6.07, 6.45) is 4.05. The zero-order valence-electron chi connectivity index (χ0n) is 21.7. The number of nitrogens with zero attached hydrogens (tertiary/aromatic N) is 1. The van der Waals surface area contributed by atoms with Crippen LogP contribution < -0.4 is 21.3 Å². The molecule has 2 atom stereocenters. The van der Waals surface area contributed by atoms with Gasteiger partial charge in [-0.05, 0) is 44.4 Å². The number of likely N-dealkylation sites (tertiary alicyclic amines) is 1. The lowest BCUT2D eigenvalue weighted by atomic mass is 10.1. The van der Waals surface area contributed by atoms with E-state index in [0.29, 0.717) is 12.2 Å². The number of esters is 1. The monoisotopic (exact) mass is 525 g/mol. The minimum absolute atomic E-state index is 0. The molecule has 35 heavy (non-hydrogen) atoms. The average Bonchev–Trinajstić information content (AvgIpc) is 3.38. The fourth-order valence-corrected chi connectivity index (χ4v) is 3.58. The van der Waals surface area contributed by atoms with Crippen LogP contribution in [0.2, 0.25) is 0 Å². The van der Waals surface area contributed by atoms with Crippen LogP contribution in [0.25, 0.3) is 0 Å². The molecule has 0 aromatic rings. The van der Waals surface area contributed by atoms with E-state index in [0.717, 1.165) is 25.9 Å². The maximum absolute atomic E-state index is 12.6. The standard InChI is InChI=1S/C19H33N5O6S.C2H6.C2H4.4H2/c1-4-24-8-5-6-14(24)19(29)23-13(7-9-31-3)18(28)22-11-16(26)20-10-15(25)21-12-17(27)30-2;2*1-2;;;;/h13-14H,4-12H2,1-3H3,(H,20,26)(H,21,25)(H,22,28)(H,23,29);1-2H3;1-2H2;4*1H/t13-,14-;;;;;;/m0....../s1. The number of nitrogens with one attached hydrogen (secondary N) is 4. The molecule has 12 heteroatoms. The van der Waals surface area contributed by atoms with Crippen LogP contribution in [0.5, 0.6) is 0 Å². The molecule has 11 nitrogen and oxygen atoms in total.